The van der Waals surface area contributed by atoms with Gasteiger partial charge in [0.1, 0.15) is 0 Å². The van der Waals surface area contributed by atoms with Gasteiger partial charge >= 0.3 is 5.97 Å². The first kappa shape index (κ1) is 23.6. The number of benzene rings is 2. The van der Waals surface area contributed by atoms with Crippen LogP contribution in [-0.4, -0.2) is 62.8 Å². The van der Waals surface area contributed by atoms with Crippen LogP contribution in [0.5, 0.6) is 0 Å². The number of rotatable bonds is 7. The van der Waals surface area contributed by atoms with Gasteiger partial charge in [0, 0.05) is 18.7 Å². The van der Waals surface area contributed by atoms with Crippen LogP contribution in [0.2, 0.25) is 0 Å². The number of amides is 1. The zero-order chi connectivity index (χ0) is 23.3. The quantitative estimate of drug-likeness (QED) is 0.496. The fraction of sp³-hybridized carbons (Fsp3) is 0.318. The summed E-state index contributed by atoms with van der Waals surface area (Å²) in [5, 5.41) is 2.58. The van der Waals surface area contributed by atoms with E-state index in [1.165, 1.54) is 42.4 Å². The van der Waals surface area contributed by atoms with E-state index in [4.69, 9.17) is 9.47 Å². The van der Waals surface area contributed by atoms with Gasteiger partial charge in [-0.3, -0.25) is 9.59 Å². The van der Waals surface area contributed by atoms with Crippen molar-refractivity contribution in [1.82, 2.24) is 4.31 Å². The summed E-state index contributed by atoms with van der Waals surface area (Å²) in [7, 11) is -3.78. The number of sulfonamides is 1. The van der Waals surface area contributed by atoms with Gasteiger partial charge in [0.15, 0.2) is 11.9 Å². The molecule has 0 aromatic heterocycles. The summed E-state index contributed by atoms with van der Waals surface area (Å²) in [5.41, 5.74) is 0.648. The zero-order valence-electron chi connectivity index (χ0n) is 17.7. The molecule has 1 N–H and O–H groups in total. The molecule has 0 bridgehead atoms. The molecule has 1 amide bonds. The molecule has 3 rings (SSSR count). The smallest absolute Gasteiger partial charge is 0.338 e. The number of ether oxygens (including phenoxy) is 2. The molecule has 32 heavy (non-hydrogen) atoms. The van der Waals surface area contributed by atoms with E-state index in [1.807, 2.05) is 0 Å². The minimum Gasteiger partial charge on any atom is -0.449 e. The summed E-state index contributed by atoms with van der Waals surface area (Å²) in [6.07, 6.45) is -1.18. The van der Waals surface area contributed by atoms with Crippen molar-refractivity contribution in [2.75, 3.05) is 31.6 Å². The first-order valence-corrected chi connectivity index (χ1v) is 11.4. The minimum atomic E-state index is -3.78. The van der Waals surface area contributed by atoms with Crippen molar-refractivity contribution in [3.8, 4) is 0 Å². The van der Waals surface area contributed by atoms with Crippen molar-refractivity contribution in [3.05, 3.63) is 59.7 Å². The molecule has 2 aromatic rings. The molecule has 1 saturated heterocycles. The Hall–Kier alpha value is -3.08. The van der Waals surface area contributed by atoms with Crippen LogP contribution < -0.4 is 5.32 Å². The number of para-hydroxylation sites is 1. The van der Waals surface area contributed by atoms with E-state index in [0.29, 0.717) is 24.5 Å². The van der Waals surface area contributed by atoms with E-state index < -0.39 is 28.0 Å². The predicted octanol–water partition coefficient (Wildman–Crippen LogP) is 2.09. The Morgan fingerprint density at radius 1 is 1.06 bits per heavy atom. The molecule has 1 aliphatic heterocycles. The van der Waals surface area contributed by atoms with Crippen LogP contribution in [0, 0.1) is 0 Å². The van der Waals surface area contributed by atoms with Gasteiger partial charge in [-0.2, -0.15) is 4.31 Å². The van der Waals surface area contributed by atoms with Crippen molar-refractivity contribution in [2.45, 2.75) is 24.8 Å². The molecule has 1 fully saturated rings. The Bertz CT molecular complexity index is 1120. The second-order valence-electron chi connectivity index (χ2n) is 7.18. The monoisotopic (exact) mass is 460 g/mol. The van der Waals surface area contributed by atoms with Gasteiger partial charge in [-0.1, -0.05) is 18.2 Å². The van der Waals surface area contributed by atoms with Crippen LogP contribution in [0.4, 0.5) is 5.69 Å². The van der Waals surface area contributed by atoms with Crippen LogP contribution in [0.1, 0.15) is 34.6 Å². The third kappa shape index (κ3) is 5.39. The molecular weight excluding hydrogens is 436 g/mol. The van der Waals surface area contributed by atoms with E-state index in [-0.39, 0.29) is 29.3 Å². The molecular formula is C22H24N2O7S. The number of ketones is 1. The number of hydrogen-bond donors (Lipinski definition) is 1. The molecule has 0 radical (unpaired) electrons. The van der Waals surface area contributed by atoms with Crippen LogP contribution in [-0.2, 0) is 24.3 Å². The Labute approximate surface area is 186 Å². The van der Waals surface area contributed by atoms with Crippen LogP contribution in [0.25, 0.3) is 0 Å². The van der Waals surface area contributed by atoms with Gasteiger partial charge in [-0.25, -0.2) is 13.2 Å². The SMILES string of the molecule is CC(=O)c1ccccc1NC(=O)C(C)OC(=O)c1cccc(S(=O)(=O)N2CCOCC2)c1. The van der Waals surface area contributed by atoms with E-state index in [2.05, 4.69) is 5.32 Å². The lowest BCUT2D eigenvalue weighted by Gasteiger charge is -2.26. The van der Waals surface area contributed by atoms with Gasteiger partial charge in [-0.05, 0) is 44.2 Å². The molecule has 0 aliphatic carbocycles. The lowest BCUT2D eigenvalue weighted by atomic mass is 10.1. The Kier molecular flexibility index (Phi) is 7.39. The average molecular weight is 461 g/mol. The third-order valence-electron chi connectivity index (χ3n) is 4.89. The Morgan fingerprint density at radius 2 is 1.75 bits per heavy atom. The highest BCUT2D eigenvalue weighted by Gasteiger charge is 2.27. The molecule has 1 unspecified atom stereocenters. The van der Waals surface area contributed by atoms with Crippen molar-refractivity contribution >= 4 is 33.4 Å². The lowest BCUT2D eigenvalue weighted by Crippen LogP contribution is -2.40. The highest BCUT2D eigenvalue weighted by molar-refractivity contribution is 7.89. The Balaban J connectivity index is 1.70. The van der Waals surface area contributed by atoms with Gasteiger partial charge in [0.25, 0.3) is 5.91 Å². The van der Waals surface area contributed by atoms with Crippen LogP contribution in [0.3, 0.4) is 0 Å². The highest BCUT2D eigenvalue weighted by Crippen LogP contribution is 2.20. The van der Waals surface area contributed by atoms with Crippen molar-refractivity contribution in [1.29, 1.82) is 0 Å². The van der Waals surface area contributed by atoms with Gasteiger partial charge in [0.05, 0.1) is 29.4 Å². The number of nitrogens with zero attached hydrogens (tertiary/aromatic N) is 1. The number of anilines is 1. The number of hydrogen-bond acceptors (Lipinski definition) is 7. The fourth-order valence-corrected chi connectivity index (χ4v) is 4.59. The van der Waals surface area contributed by atoms with Gasteiger partial charge < -0.3 is 14.8 Å². The predicted molar refractivity (Wildman–Crippen MR) is 116 cm³/mol. The van der Waals surface area contributed by atoms with Crippen LogP contribution in [0.15, 0.2) is 53.4 Å². The van der Waals surface area contributed by atoms with E-state index in [1.54, 1.807) is 24.3 Å². The summed E-state index contributed by atoms with van der Waals surface area (Å²) < 4.78 is 37.3. The largest absolute Gasteiger partial charge is 0.449 e. The Morgan fingerprint density at radius 3 is 2.44 bits per heavy atom. The fourth-order valence-electron chi connectivity index (χ4n) is 3.14. The summed E-state index contributed by atoms with van der Waals surface area (Å²) in [6, 6.07) is 12.0. The molecule has 9 nitrogen and oxygen atoms in total. The zero-order valence-corrected chi connectivity index (χ0v) is 18.6. The molecule has 0 spiro atoms. The van der Waals surface area contributed by atoms with Crippen LogP contribution >= 0.6 is 0 Å². The standard InChI is InChI=1S/C22H24N2O7S/c1-15(25)19-8-3-4-9-20(19)23-21(26)16(2)31-22(27)17-6-5-7-18(14-17)32(28,29)24-10-12-30-13-11-24/h3-9,14,16H,10-13H2,1-2H3,(H,23,26). The van der Waals surface area contributed by atoms with Crippen molar-refractivity contribution in [3.63, 3.8) is 0 Å². The number of carbonyl (C=O) groups excluding carboxylic acids is 3. The molecule has 2 aromatic carbocycles. The van der Waals surface area contributed by atoms with E-state index in [9.17, 15) is 22.8 Å². The molecule has 10 heteroatoms. The molecule has 1 aliphatic rings. The second-order valence-corrected chi connectivity index (χ2v) is 9.12. The van der Waals surface area contributed by atoms with E-state index in [0.717, 1.165) is 0 Å². The number of esters is 1. The normalized spacial score (nSPS) is 15.6. The van der Waals surface area contributed by atoms with E-state index >= 15 is 0 Å². The first-order valence-electron chi connectivity index (χ1n) is 10.00. The molecule has 1 atom stereocenters. The number of morpholine rings is 1. The third-order valence-corrected chi connectivity index (χ3v) is 6.79. The van der Waals surface area contributed by atoms with Gasteiger partial charge in [-0.15, -0.1) is 0 Å². The van der Waals surface area contributed by atoms with Crippen molar-refractivity contribution in [2.24, 2.45) is 0 Å². The summed E-state index contributed by atoms with van der Waals surface area (Å²) in [5.74, 6) is -1.68. The number of carbonyl (C=O) groups is 3. The molecule has 0 saturated carbocycles. The highest BCUT2D eigenvalue weighted by atomic mass is 32.2. The topological polar surface area (TPSA) is 119 Å². The summed E-state index contributed by atoms with van der Waals surface area (Å²) >= 11 is 0. The van der Waals surface area contributed by atoms with Gasteiger partial charge in [0.2, 0.25) is 10.0 Å². The lowest BCUT2D eigenvalue weighted by molar-refractivity contribution is -0.123. The number of Topliss-reactive ketones (excluding diaryl/α,β-unsaturated/α-hetero) is 1. The maximum Gasteiger partial charge on any atom is 0.338 e. The number of nitrogens with one attached hydrogen (secondary N) is 1. The van der Waals surface area contributed by atoms with Crippen molar-refractivity contribution < 1.29 is 32.3 Å². The first-order chi connectivity index (χ1) is 15.2. The maximum absolute atomic E-state index is 12.8. The molecule has 1 heterocycles. The summed E-state index contributed by atoms with van der Waals surface area (Å²) in [4.78, 5) is 36.7. The maximum atomic E-state index is 12.8. The summed E-state index contributed by atoms with van der Waals surface area (Å²) in [6.45, 7) is 3.84. The molecule has 170 valence electrons. The second kappa shape index (κ2) is 10.0. The minimum absolute atomic E-state index is 0.00289. The average Bonchev–Trinajstić information content (AvgIpc) is 2.79.